The summed E-state index contributed by atoms with van der Waals surface area (Å²) in [5.74, 6) is 0. The predicted octanol–water partition coefficient (Wildman–Crippen LogP) is 7.80. The number of hydrogen-bond acceptors (Lipinski definition) is 0. The van der Waals surface area contributed by atoms with Gasteiger partial charge in [-0.1, -0.05) is 97.3 Å². The molecule has 0 spiro atoms. The number of pyridine rings is 1. The minimum Gasteiger partial charge on any atom is -0.205 e. The van der Waals surface area contributed by atoms with E-state index in [2.05, 4.69) is 42.9 Å². The summed E-state index contributed by atoms with van der Waals surface area (Å²) in [7, 11) is 0. The van der Waals surface area contributed by atoms with Crippen molar-refractivity contribution in [2.75, 3.05) is 0 Å². The fourth-order valence-electron chi connectivity index (χ4n) is 3.70. The SMILES string of the molecule is CCCCCCCCCCCCCCCc1cc[n+](CCCCC)cc1. The fraction of sp³-hybridized carbons (Fsp3) is 0.800. The van der Waals surface area contributed by atoms with Gasteiger partial charge in [-0.2, -0.15) is 0 Å². The summed E-state index contributed by atoms with van der Waals surface area (Å²) in [6, 6.07) is 4.65. The van der Waals surface area contributed by atoms with Gasteiger partial charge in [-0.05, 0) is 24.8 Å². The van der Waals surface area contributed by atoms with E-state index < -0.39 is 0 Å². The third-order valence-corrected chi connectivity index (χ3v) is 5.55. The van der Waals surface area contributed by atoms with Crippen molar-refractivity contribution in [2.45, 2.75) is 130 Å². The molecular weight excluding hydrogens is 314 g/mol. The maximum atomic E-state index is 2.34. The fourth-order valence-corrected chi connectivity index (χ4v) is 3.70. The van der Waals surface area contributed by atoms with Crippen LogP contribution in [0.5, 0.6) is 0 Å². The van der Waals surface area contributed by atoms with Gasteiger partial charge in [0.2, 0.25) is 0 Å². The van der Waals surface area contributed by atoms with Crippen LogP contribution in [-0.2, 0) is 13.0 Å². The van der Waals surface area contributed by atoms with Gasteiger partial charge < -0.3 is 0 Å². The molecule has 0 saturated carbocycles. The summed E-state index contributed by atoms with van der Waals surface area (Å²) in [5, 5.41) is 0. The van der Waals surface area contributed by atoms with E-state index in [1.807, 2.05) is 0 Å². The van der Waals surface area contributed by atoms with Gasteiger partial charge in [-0.25, -0.2) is 4.57 Å². The Labute approximate surface area is 164 Å². The number of hydrogen-bond donors (Lipinski definition) is 0. The molecular formula is C25H46N+. The molecule has 0 atom stereocenters. The standard InChI is InChI=1S/C25H46N/c1-3-5-7-8-9-10-11-12-13-14-15-16-17-19-25-20-23-26(24-21-25)22-18-6-4-2/h20-21,23-24H,3-19,22H2,1-2H3/q+1. The molecule has 0 aliphatic carbocycles. The summed E-state index contributed by atoms with van der Waals surface area (Å²) in [4.78, 5) is 0. The number of aromatic nitrogens is 1. The lowest BCUT2D eigenvalue weighted by atomic mass is 10.0. The van der Waals surface area contributed by atoms with E-state index in [1.54, 1.807) is 0 Å². The highest BCUT2D eigenvalue weighted by Gasteiger charge is 2.01. The van der Waals surface area contributed by atoms with E-state index >= 15 is 0 Å². The molecule has 1 nitrogen and oxygen atoms in total. The van der Waals surface area contributed by atoms with E-state index in [0.29, 0.717) is 0 Å². The molecule has 26 heavy (non-hydrogen) atoms. The molecule has 1 aromatic rings. The van der Waals surface area contributed by atoms with Crippen molar-refractivity contribution in [1.29, 1.82) is 0 Å². The average molecular weight is 361 g/mol. The molecule has 0 aromatic carbocycles. The monoisotopic (exact) mass is 360 g/mol. The summed E-state index contributed by atoms with van der Waals surface area (Å²) >= 11 is 0. The van der Waals surface area contributed by atoms with Gasteiger partial charge in [0.05, 0.1) is 0 Å². The Morgan fingerprint density at radius 3 is 1.46 bits per heavy atom. The highest BCUT2D eigenvalue weighted by molar-refractivity contribution is 5.07. The Hall–Kier alpha value is -0.850. The van der Waals surface area contributed by atoms with Crippen LogP contribution in [0, 0.1) is 0 Å². The quantitative estimate of drug-likeness (QED) is 0.186. The van der Waals surface area contributed by atoms with Crippen LogP contribution >= 0.6 is 0 Å². The van der Waals surface area contributed by atoms with Crippen molar-refractivity contribution >= 4 is 0 Å². The Bertz CT molecular complexity index is 395. The summed E-state index contributed by atoms with van der Waals surface area (Å²) < 4.78 is 2.34. The summed E-state index contributed by atoms with van der Waals surface area (Å²) in [6.45, 7) is 5.74. The summed E-state index contributed by atoms with van der Waals surface area (Å²) in [5.41, 5.74) is 1.51. The second-order valence-corrected chi connectivity index (χ2v) is 8.14. The minimum atomic E-state index is 1.17. The Morgan fingerprint density at radius 1 is 0.538 bits per heavy atom. The van der Waals surface area contributed by atoms with Gasteiger partial charge in [-0.3, -0.25) is 0 Å². The van der Waals surface area contributed by atoms with Crippen molar-refractivity contribution in [3.05, 3.63) is 30.1 Å². The maximum absolute atomic E-state index is 2.34. The third-order valence-electron chi connectivity index (χ3n) is 5.55. The topological polar surface area (TPSA) is 3.88 Å². The van der Waals surface area contributed by atoms with Crippen LogP contribution in [0.4, 0.5) is 0 Å². The van der Waals surface area contributed by atoms with Crippen LogP contribution in [0.1, 0.15) is 122 Å². The molecule has 0 radical (unpaired) electrons. The average Bonchev–Trinajstić information content (AvgIpc) is 2.67. The van der Waals surface area contributed by atoms with Gasteiger partial charge in [0.15, 0.2) is 12.4 Å². The maximum Gasteiger partial charge on any atom is 0.169 e. The molecule has 150 valence electrons. The van der Waals surface area contributed by atoms with Crippen LogP contribution in [0.2, 0.25) is 0 Å². The lowest BCUT2D eigenvalue weighted by Crippen LogP contribution is -2.32. The van der Waals surface area contributed by atoms with E-state index in [-0.39, 0.29) is 0 Å². The number of aryl methyl sites for hydroxylation is 2. The molecule has 1 heterocycles. The molecule has 0 aliphatic rings. The molecule has 0 amide bonds. The molecule has 0 fully saturated rings. The normalized spacial score (nSPS) is 11.2. The second-order valence-electron chi connectivity index (χ2n) is 8.14. The van der Waals surface area contributed by atoms with E-state index in [4.69, 9.17) is 0 Å². The zero-order chi connectivity index (χ0) is 18.7. The predicted molar refractivity (Wildman–Crippen MR) is 116 cm³/mol. The number of unbranched alkanes of at least 4 members (excludes halogenated alkanes) is 14. The Kier molecular flexibility index (Phi) is 15.7. The van der Waals surface area contributed by atoms with Crippen LogP contribution in [0.3, 0.4) is 0 Å². The van der Waals surface area contributed by atoms with Gasteiger partial charge in [0, 0.05) is 18.6 Å². The van der Waals surface area contributed by atoms with Gasteiger partial charge in [0.1, 0.15) is 6.54 Å². The molecule has 0 unspecified atom stereocenters. The first-order valence-electron chi connectivity index (χ1n) is 11.8. The van der Waals surface area contributed by atoms with Crippen LogP contribution in [0.25, 0.3) is 0 Å². The molecule has 1 heteroatoms. The zero-order valence-corrected chi connectivity index (χ0v) is 18.0. The van der Waals surface area contributed by atoms with Crippen molar-refractivity contribution in [3.8, 4) is 0 Å². The van der Waals surface area contributed by atoms with Crippen LogP contribution in [0.15, 0.2) is 24.5 Å². The minimum absolute atomic E-state index is 1.17. The highest BCUT2D eigenvalue weighted by Crippen LogP contribution is 2.13. The number of nitrogens with zero attached hydrogens (tertiary/aromatic N) is 1. The van der Waals surface area contributed by atoms with Crippen molar-refractivity contribution in [2.24, 2.45) is 0 Å². The van der Waals surface area contributed by atoms with E-state index in [0.717, 1.165) is 0 Å². The highest BCUT2D eigenvalue weighted by atomic mass is 14.9. The molecule has 0 saturated heterocycles. The molecule has 0 N–H and O–H groups in total. The van der Waals surface area contributed by atoms with Crippen LogP contribution < -0.4 is 4.57 Å². The van der Waals surface area contributed by atoms with Crippen molar-refractivity contribution in [3.63, 3.8) is 0 Å². The molecule has 0 aliphatic heterocycles. The second kappa shape index (κ2) is 17.6. The van der Waals surface area contributed by atoms with Gasteiger partial charge >= 0.3 is 0 Å². The Morgan fingerprint density at radius 2 is 0.962 bits per heavy atom. The van der Waals surface area contributed by atoms with Gasteiger partial charge in [-0.15, -0.1) is 0 Å². The van der Waals surface area contributed by atoms with Crippen molar-refractivity contribution in [1.82, 2.24) is 0 Å². The molecule has 1 rings (SSSR count). The lowest BCUT2D eigenvalue weighted by molar-refractivity contribution is -0.697. The van der Waals surface area contributed by atoms with Crippen molar-refractivity contribution < 1.29 is 4.57 Å². The van der Waals surface area contributed by atoms with Gasteiger partial charge in [0.25, 0.3) is 0 Å². The first-order chi connectivity index (χ1) is 12.9. The lowest BCUT2D eigenvalue weighted by Gasteiger charge is -2.03. The summed E-state index contributed by atoms with van der Waals surface area (Å²) in [6.07, 6.45) is 28.4. The largest absolute Gasteiger partial charge is 0.205 e. The number of rotatable bonds is 18. The van der Waals surface area contributed by atoms with E-state index in [1.165, 1.54) is 121 Å². The Balaban J connectivity index is 1.88. The first-order valence-corrected chi connectivity index (χ1v) is 11.8. The first kappa shape index (κ1) is 23.2. The zero-order valence-electron chi connectivity index (χ0n) is 18.0. The smallest absolute Gasteiger partial charge is 0.169 e. The third kappa shape index (κ3) is 13.4. The van der Waals surface area contributed by atoms with E-state index in [9.17, 15) is 0 Å². The van der Waals surface area contributed by atoms with Crippen LogP contribution in [-0.4, -0.2) is 0 Å². The molecule has 0 bridgehead atoms. The molecule has 1 aromatic heterocycles.